The van der Waals surface area contributed by atoms with Gasteiger partial charge in [-0.15, -0.1) is 0 Å². The summed E-state index contributed by atoms with van der Waals surface area (Å²) in [7, 11) is 0. The van der Waals surface area contributed by atoms with Crippen LogP contribution in [0.3, 0.4) is 0 Å². The SMILES string of the molecule is CCC(C)(CN)CN(CCCO)C(C)C. The summed E-state index contributed by atoms with van der Waals surface area (Å²) in [6, 6.07) is 0.522. The van der Waals surface area contributed by atoms with Gasteiger partial charge in [-0.1, -0.05) is 13.8 Å². The Labute approximate surface area is 94.6 Å². The van der Waals surface area contributed by atoms with E-state index in [0.717, 1.165) is 32.5 Å². The van der Waals surface area contributed by atoms with Crippen molar-refractivity contribution in [1.82, 2.24) is 4.90 Å². The molecule has 0 saturated heterocycles. The lowest BCUT2D eigenvalue weighted by Crippen LogP contribution is -2.44. The van der Waals surface area contributed by atoms with Gasteiger partial charge in [-0.05, 0) is 38.6 Å². The molecular weight excluding hydrogens is 188 g/mol. The van der Waals surface area contributed by atoms with Gasteiger partial charge in [0.1, 0.15) is 0 Å². The standard InChI is InChI=1S/C12H28N2O/c1-5-12(4,9-13)10-14(11(2)3)7-6-8-15/h11,15H,5-10,13H2,1-4H3. The lowest BCUT2D eigenvalue weighted by atomic mass is 9.86. The Hall–Kier alpha value is -0.120. The highest BCUT2D eigenvalue weighted by atomic mass is 16.3. The van der Waals surface area contributed by atoms with Crippen LogP contribution in [0.2, 0.25) is 0 Å². The third-order valence-electron chi connectivity index (χ3n) is 3.26. The molecule has 3 N–H and O–H groups in total. The minimum atomic E-state index is 0.208. The van der Waals surface area contributed by atoms with E-state index in [2.05, 4.69) is 32.6 Å². The van der Waals surface area contributed by atoms with Gasteiger partial charge in [-0.25, -0.2) is 0 Å². The number of nitrogens with two attached hydrogens (primary N) is 1. The average Bonchev–Trinajstić information content (AvgIpc) is 2.23. The number of hydrogen-bond donors (Lipinski definition) is 2. The molecule has 3 nitrogen and oxygen atoms in total. The fourth-order valence-corrected chi connectivity index (χ4v) is 1.60. The molecule has 0 fully saturated rings. The molecule has 0 saturated carbocycles. The summed E-state index contributed by atoms with van der Waals surface area (Å²) in [6.45, 7) is 11.8. The van der Waals surface area contributed by atoms with Crippen LogP contribution in [0.4, 0.5) is 0 Å². The van der Waals surface area contributed by atoms with Crippen LogP contribution in [0.15, 0.2) is 0 Å². The smallest absolute Gasteiger partial charge is 0.0443 e. The molecule has 0 aromatic carbocycles. The van der Waals surface area contributed by atoms with E-state index in [1.807, 2.05) is 0 Å². The first-order valence-corrected chi connectivity index (χ1v) is 6.04. The van der Waals surface area contributed by atoms with E-state index in [9.17, 15) is 0 Å². The number of nitrogens with zero attached hydrogens (tertiary/aromatic N) is 1. The molecule has 15 heavy (non-hydrogen) atoms. The van der Waals surface area contributed by atoms with Gasteiger partial charge in [-0.3, -0.25) is 0 Å². The van der Waals surface area contributed by atoms with Gasteiger partial charge in [0, 0.05) is 25.7 Å². The average molecular weight is 216 g/mol. The van der Waals surface area contributed by atoms with E-state index in [4.69, 9.17) is 10.8 Å². The number of aliphatic hydroxyl groups is 1. The zero-order valence-corrected chi connectivity index (χ0v) is 10.8. The van der Waals surface area contributed by atoms with Crippen molar-refractivity contribution in [2.45, 2.75) is 46.6 Å². The van der Waals surface area contributed by atoms with Crippen molar-refractivity contribution in [2.24, 2.45) is 11.1 Å². The summed E-state index contributed by atoms with van der Waals surface area (Å²) in [5, 5.41) is 8.86. The molecule has 0 aliphatic carbocycles. The highest BCUT2D eigenvalue weighted by Crippen LogP contribution is 2.22. The van der Waals surface area contributed by atoms with Crippen molar-refractivity contribution in [1.29, 1.82) is 0 Å². The fourth-order valence-electron chi connectivity index (χ4n) is 1.60. The van der Waals surface area contributed by atoms with Crippen LogP contribution in [-0.4, -0.2) is 42.3 Å². The third-order valence-corrected chi connectivity index (χ3v) is 3.26. The normalized spacial score (nSPS) is 16.0. The first kappa shape index (κ1) is 14.9. The third kappa shape index (κ3) is 5.50. The molecule has 0 aliphatic rings. The van der Waals surface area contributed by atoms with Crippen molar-refractivity contribution in [2.75, 3.05) is 26.2 Å². The second kappa shape index (κ2) is 7.20. The van der Waals surface area contributed by atoms with Crippen LogP contribution in [0, 0.1) is 5.41 Å². The van der Waals surface area contributed by atoms with Gasteiger partial charge in [-0.2, -0.15) is 0 Å². The van der Waals surface area contributed by atoms with Crippen LogP contribution in [0.25, 0.3) is 0 Å². The lowest BCUT2D eigenvalue weighted by molar-refractivity contribution is 0.123. The summed E-state index contributed by atoms with van der Waals surface area (Å²) >= 11 is 0. The zero-order valence-electron chi connectivity index (χ0n) is 10.8. The number of hydrogen-bond acceptors (Lipinski definition) is 3. The van der Waals surface area contributed by atoms with Crippen LogP contribution in [-0.2, 0) is 0 Å². The quantitative estimate of drug-likeness (QED) is 0.646. The maximum atomic E-state index is 8.86. The van der Waals surface area contributed by atoms with Gasteiger partial charge in [0.2, 0.25) is 0 Å². The van der Waals surface area contributed by atoms with Crippen molar-refractivity contribution < 1.29 is 5.11 Å². The van der Waals surface area contributed by atoms with E-state index in [1.165, 1.54) is 0 Å². The second-order valence-electron chi connectivity index (χ2n) is 5.01. The van der Waals surface area contributed by atoms with E-state index in [1.54, 1.807) is 0 Å². The fraction of sp³-hybridized carbons (Fsp3) is 1.00. The van der Waals surface area contributed by atoms with Crippen LogP contribution < -0.4 is 5.73 Å². The van der Waals surface area contributed by atoms with Gasteiger partial charge < -0.3 is 15.7 Å². The minimum Gasteiger partial charge on any atom is -0.396 e. The molecule has 1 unspecified atom stereocenters. The van der Waals surface area contributed by atoms with Gasteiger partial charge >= 0.3 is 0 Å². The molecule has 3 heteroatoms. The zero-order chi connectivity index (χ0) is 11.9. The molecule has 92 valence electrons. The second-order valence-corrected chi connectivity index (χ2v) is 5.01. The van der Waals surface area contributed by atoms with Crippen molar-refractivity contribution in [3.05, 3.63) is 0 Å². The first-order chi connectivity index (χ1) is 6.99. The minimum absolute atomic E-state index is 0.208. The van der Waals surface area contributed by atoms with Crippen LogP contribution in [0.1, 0.15) is 40.5 Å². The molecule has 0 amide bonds. The largest absolute Gasteiger partial charge is 0.396 e. The summed E-state index contributed by atoms with van der Waals surface area (Å²) in [5.41, 5.74) is 6.03. The Balaban J connectivity index is 4.25. The first-order valence-electron chi connectivity index (χ1n) is 6.04. The Morgan fingerprint density at radius 2 is 2.00 bits per heavy atom. The maximum Gasteiger partial charge on any atom is 0.0443 e. The summed E-state index contributed by atoms with van der Waals surface area (Å²) in [4.78, 5) is 2.41. The molecule has 0 rings (SSSR count). The molecule has 0 heterocycles. The summed E-state index contributed by atoms with van der Waals surface area (Å²) in [5.74, 6) is 0. The van der Waals surface area contributed by atoms with Crippen LogP contribution in [0.5, 0.6) is 0 Å². The highest BCUT2D eigenvalue weighted by Gasteiger charge is 2.24. The summed E-state index contributed by atoms with van der Waals surface area (Å²) in [6.07, 6.45) is 1.95. The topological polar surface area (TPSA) is 49.5 Å². The molecule has 0 radical (unpaired) electrons. The molecule has 0 aromatic rings. The van der Waals surface area contributed by atoms with Gasteiger partial charge in [0.15, 0.2) is 0 Å². The van der Waals surface area contributed by atoms with Crippen molar-refractivity contribution >= 4 is 0 Å². The molecular formula is C12H28N2O. The van der Waals surface area contributed by atoms with E-state index in [-0.39, 0.29) is 12.0 Å². The molecule has 0 aliphatic heterocycles. The van der Waals surface area contributed by atoms with Crippen molar-refractivity contribution in [3.63, 3.8) is 0 Å². The maximum absolute atomic E-state index is 8.86. The predicted octanol–water partition coefficient (Wildman–Crippen LogP) is 1.45. The predicted molar refractivity (Wildman–Crippen MR) is 65.9 cm³/mol. The Morgan fingerprint density at radius 3 is 2.33 bits per heavy atom. The van der Waals surface area contributed by atoms with Gasteiger partial charge in [0.25, 0.3) is 0 Å². The number of aliphatic hydroxyl groups excluding tert-OH is 1. The molecule has 0 bridgehead atoms. The van der Waals surface area contributed by atoms with E-state index in [0.29, 0.717) is 6.04 Å². The number of rotatable bonds is 8. The Bertz CT molecular complexity index is 156. The molecule has 0 aromatic heterocycles. The van der Waals surface area contributed by atoms with E-state index >= 15 is 0 Å². The Kier molecular flexibility index (Phi) is 7.14. The summed E-state index contributed by atoms with van der Waals surface area (Å²) < 4.78 is 0. The molecule has 0 spiro atoms. The Morgan fingerprint density at radius 1 is 1.40 bits per heavy atom. The van der Waals surface area contributed by atoms with E-state index < -0.39 is 0 Å². The van der Waals surface area contributed by atoms with Gasteiger partial charge in [0.05, 0.1) is 0 Å². The van der Waals surface area contributed by atoms with Crippen LogP contribution >= 0.6 is 0 Å². The highest BCUT2D eigenvalue weighted by molar-refractivity contribution is 4.79. The molecule has 1 atom stereocenters. The monoisotopic (exact) mass is 216 g/mol. The van der Waals surface area contributed by atoms with Crippen molar-refractivity contribution in [3.8, 4) is 0 Å². The lowest BCUT2D eigenvalue weighted by Gasteiger charge is -2.36.